The van der Waals surface area contributed by atoms with Gasteiger partial charge in [0, 0.05) is 35.2 Å². The van der Waals surface area contributed by atoms with Gasteiger partial charge in [-0.1, -0.05) is 37.3 Å². The molecule has 2 spiro atoms. The summed E-state index contributed by atoms with van der Waals surface area (Å²) in [5, 5.41) is 24.4. The van der Waals surface area contributed by atoms with Gasteiger partial charge in [0.05, 0.1) is 17.3 Å². The number of aliphatic hydroxyl groups is 2. The zero-order valence-corrected chi connectivity index (χ0v) is 20.7. The predicted octanol–water partition coefficient (Wildman–Crippen LogP) is 4.26. The molecule has 0 amide bonds. The Labute approximate surface area is 206 Å². The fourth-order valence-electron chi connectivity index (χ4n) is 8.20. The first-order valence-corrected chi connectivity index (χ1v) is 13.0. The van der Waals surface area contributed by atoms with Gasteiger partial charge in [-0.3, -0.25) is 4.98 Å². The van der Waals surface area contributed by atoms with Crippen LogP contribution in [-0.2, 0) is 4.74 Å². The second-order valence-corrected chi connectivity index (χ2v) is 11.9. The van der Waals surface area contributed by atoms with E-state index in [4.69, 9.17) is 4.74 Å². The van der Waals surface area contributed by atoms with Crippen LogP contribution in [-0.4, -0.2) is 63.6 Å². The SMILES string of the molecule is CN(C)C1CC23CCC4(O2)C(=CCC2(C)C(c5ccc6ccncc6c5)=CCC24)C=C3C(O)C1O. The number of likely N-dealkylation sites (N-methyl/N-ethyl adjacent to an activating group) is 1. The van der Waals surface area contributed by atoms with Crippen molar-refractivity contribution in [2.24, 2.45) is 11.3 Å². The molecule has 1 aromatic carbocycles. The van der Waals surface area contributed by atoms with Crippen LogP contribution in [0.25, 0.3) is 16.3 Å². The van der Waals surface area contributed by atoms with Crippen LogP contribution >= 0.6 is 0 Å². The van der Waals surface area contributed by atoms with E-state index in [1.54, 1.807) is 0 Å². The average molecular weight is 471 g/mol. The molecule has 3 aliphatic carbocycles. The molecule has 7 rings (SSSR count). The van der Waals surface area contributed by atoms with E-state index in [1.807, 2.05) is 31.4 Å². The van der Waals surface area contributed by atoms with Gasteiger partial charge in [-0.05, 0) is 86.0 Å². The monoisotopic (exact) mass is 470 g/mol. The minimum Gasteiger partial charge on any atom is -0.388 e. The van der Waals surface area contributed by atoms with Crippen molar-refractivity contribution in [3.63, 3.8) is 0 Å². The van der Waals surface area contributed by atoms with E-state index in [0.717, 1.165) is 37.7 Å². The van der Waals surface area contributed by atoms with Crippen LogP contribution in [0.5, 0.6) is 0 Å². The molecule has 2 aromatic rings. The van der Waals surface area contributed by atoms with Crippen molar-refractivity contribution < 1.29 is 14.9 Å². The van der Waals surface area contributed by atoms with Gasteiger partial charge in [-0.25, -0.2) is 0 Å². The van der Waals surface area contributed by atoms with E-state index in [0.29, 0.717) is 5.92 Å². The Kier molecular flexibility index (Phi) is 4.47. The molecule has 2 N–H and O–H groups in total. The van der Waals surface area contributed by atoms with Gasteiger partial charge in [0.1, 0.15) is 6.10 Å². The Hall–Kier alpha value is -2.31. The number of ether oxygens (including phenoxy) is 1. The van der Waals surface area contributed by atoms with E-state index in [9.17, 15) is 10.2 Å². The quantitative estimate of drug-likeness (QED) is 0.687. The molecule has 2 bridgehead atoms. The number of aliphatic hydroxyl groups excluding tert-OH is 2. The Morgan fingerprint density at radius 1 is 1.09 bits per heavy atom. The summed E-state index contributed by atoms with van der Waals surface area (Å²) < 4.78 is 7.24. The third-order valence-electron chi connectivity index (χ3n) is 10.0. The van der Waals surface area contributed by atoms with Crippen LogP contribution in [0, 0.1) is 11.3 Å². The lowest BCUT2D eigenvalue weighted by atomic mass is 9.58. The molecule has 1 saturated carbocycles. The largest absolute Gasteiger partial charge is 0.388 e. The Morgan fingerprint density at radius 2 is 1.94 bits per heavy atom. The molecule has 7 atom stereocenters. The number of nitrogens with zero attached hydrogens (tertiary/aromatic N) is 2. The minimum atomic E-state index is -0.884. The molecule has 7 unspecified atom stereocenters. The third-order valence-corrected chi connectivity index (χ3v) is 10.0. The Balaban J connectivity index is 1.30. The third kappa shape index (κ3) is 2.76. The molecular weight excluding hydrogens is 436 g/mol. The first-order valence-electron chi connectivity index (χ1n) is 13.0. The molecule has 5 aliphatic rings. The second-order valence-electron chi connectivity index (χ2n) is 11.9. The van der Waals surface area contributed by atoms with Gasteiger partial charge < -0.3 is 19.8 Å². The highest BCUT2D eigenvalue weighted by atomic mass is 16.5. The van der Waals surface area contributed by atoms with Crippen molar-refractivity contribution >= 4 is 16.3 Å². The molecule has 0 radical (unpaired) electrons. The summed E-state index contributed by atoms with van der Waals surface area (Å²) in [6, 6.07) is 8.69. The average Bonchev–Trinajstić information content (AvgIpc) is 3.37. The number of allylic oxidation sites excluding steroid dienone is 3. The molecular formula is C30H34N2O3. The van der Waals surface area contributed by atoms with Crippen molar-refractivity contribution in [3.8, 4) is 0 Å². The summed E-state index contributed by atoms with van der Waals surface area (Å²) in [7, 11) is 3.96. The lowest BCUT2D eigenvalue weighted by Crippen LogP contribution is -2.61. The lowest BCUT2D eigenvalue weighted by Gasteiger charge is -2.55. The summed E-state index contributed by atoms with van der Waals surface area (Å²) in [5.74, 6) is 0.355. The van der Waals surface area contributed by atoms with Crippen molar-refractivity contribution in [3.05, 3.63) is 71.6 Å². The molecule has 3 heterocycles. The van der Waals surface area contributed by atoms with Gasteiger partial charge in [0.25, 0.3) is 0 Å². The fraction of sp³-hybridized carbons (Fsp3) is 0.500. The number of hydrogen-bond acceptors (Lipinski definition) is 5. The maximum absolute atomic E-state index is 11.1. The number of rotatable bonds is 2. The molecule has 1 saturated heterocycles. The number of aromatic nitrogens is 1. The van der Waals surface area contributed by atoms with Gasteiger partial charge >= 0.3 is 0 Å². The highest BCUT2D eigenvalue weighted by molar-refractivity contribution is 5.87. The van der Waals surface area contributed by atoms with Crippen LogP contribution < -0.4 is 0 Å². The van der Waals surface area contributed by atoms with Crippen LogP contribution in [0.15, 0.2) is 66.0 Å². The summed E-state index contributed by atoms with van der Waals surface area (Å²) in [6.45, 7) is 2.42. The van der Waals surface area contributed by atoms with Crippen LogP contribution in [0.4, 0.5) is 0 Å². The van der Waals surface area contributed by atoms with Gasteiger partial charge in [-0.15, -0.1) is 0 Å². The van der Waals surface area contributed by atoms with E-state index in [2.05, 4.69) is 54.4 Å². The molecule has 35 heavy (non-hydrogen) atoms. The van der Waals surface area contributed by atoms with E-state index in [-0.39, 0.29) is 17.1 Å². The maximum atomic E-state index is 11.1. The van der Waals surface area contributed by atoms with Gasteiger partial charge in [0.2, 0.25) is 0 Å². The standard InChI is InChI=1S/C30H34N2O3/c1-28-10-8-21-15-23-26(33)27(34)24(32(2)3)16-29(23)11-12-30(21,35-29)25(28)7-6-22(28)19-5-4-18-9-13-31-17-20(18)14-19/h4-6,8-9,13-15,17,24-27,33-34H,7,10-12,16H2,1-3H3. The molecule has 2 aliphatic heterocycles. The summed E-state index contributed by atoms with van der Waals surface area (Å²) in [6.07, 6.45) is 13.7. The minimum absolute atomic E-state index is 0.00992. The molecule has 5 heteroatoms. The van der Waals surface area contributed by atoms with Crippen molar-refractivity contribution in [1.82, 2.24) is 9.88 Å². The number of benzene rings is 1. The molecule has 2 fully saturated rings. The molecule has 5 nitrogen and oxygen atoms in total. The molecule has 182 valence electrons. The van der Waals surface area contributed by atoms with E-state index < -0.39 is 17.8 Å². The van der Waals surface area contributed by atoms with Gasteiger partial charge in [-0.2, -0.15) is 0 Å². The number of fused-ring (bicyclic) bond motifs is 2. The van der Waals surface area contributed by atoms with Crippen LogP contribution in [0.3, 0.4) is 0 Å². The summed E-state index contributed by atoms with van der Waals surface area (Å²) in [5.41, 5.74) is 3.99. The zero-order valence-electron chi connectivity index (χ0n) is 20.7. The van der Waals surface area contributed by atoms with Gasteiger partial charge in [0.15, 0.2) is 0 Å². The normalized spacial score (nSPS) is 41.7. The Bertz CT molecular complexity index is 1330. The molecule has 1 aromatic heterocycles. The van der Waals surface area contributed by atoms with Crippen molar-refractivity contribution in [2.75, 3.05) is 14.1 Å². The number of pyridine rings is 1. The first-order chi connectivity index (χ1) is 16.8. The maximum Gasteiger partial charge on any atom is 0.105 e. The van der Waals surface area contributed by atoms with Crippen LogP contribution in [0.1, 0.15) is 44.6 Å². The second kappa shape index (κ2) is 7.13. The zero-order chi connectivity index (χ0) is 24.2. The highest BCUT2D eigenvalue weighted by Gasteiger charge is 2.67. The number of hydrogen-bond donors (Lipinski definition) is 2. The Morgan fingerprint density at radius 3 is 2.77 bits per heavy atom. The van der Waals surface area contributed by atoms with E-state index in [1.165, 1.54) is 27.5 Å². The highest BCUT2D eigenvalue weighted by Crippen LogP contribution is 2.67. The van der Waals surface area contributed by atoms with Crippen LogP contribution in [0.2, 0.25) is 0 Å². The smallest absolute Gasteiger partial charge is 0.105 e. The van der Waals surface area contributed by atoms with Crippen molar-refractivity contribution in [2.45, 2.75) is 68.5 Å². The van der Waals surface area contributed by atoms with E-state index >= 15 is 0 Å². The lowest BCUT2D eigenvalue weighted by molar-refractivity contribution is -0.161. The summed E-state index contributed by atoms with van der Waals surface area (Å²) >= 11 is 0. The fourth-order valence-corrected chi connectivity index (χ4v) is 8.20. The predicted molar refractivity (Wildman–Crippen MR) is 137 cm³/mol. The van der Waals surface area contributed by atoms with Crippen molar-refractivity contribution in [1.29, 1.82) is 0 Å². The summed E-state index contributed by atoms with van der Waals surface area (Å²) in [4.78, 5) is 6.37. The first kappa shape index (κ1) is 21.9. The topological polar surface area (TPSA) is 65.8 Å².